The fourth-order valence-electron chi connectivity index (χ4n) is 3.09. The Morgan fingerprint density at radius 3 is 2.28 bits per heavy atom. The van der Waals surface area contributed by atoms with Crippen LogP contribution in [0.3, 0.4) is 0 Å². The zero-order valence-electron chi connectivity index (χ0n) is 17.6. The van der Waals surface area contributed by atoms with Gasteiger partial charge in [-0.3, -0.25) is 0 Å². The number of hydrogen-bond acceptors (Lipinski definition) is 4. The van der Waals surface area contributed by atoms with Crippen molar-refractivity contribution in [3.63, 3.8) is 0 Å². The molecule has 4 rings (SSSR count). The highest BCUT2D eigenvalue weighted by Gasteiger charge is 2.08. The van der Waals surface area contributed by atoms with Crippen molar-refractivity contribution in [2.75, 3.05) is 0 Å². The molecule has 0 aliphatic carbocycles. The van der Waals surface area contributed by atoms with Gasteiger partial charge in [0.15, 0.2) is 0 Å². The van der Waals surface area contributed by atoms with Gasteiger partial charge in [-0.25, -0.2) is 8.42 Å². The van der Waals surface area contributed by atoms with Crippen LogP contribution < -0.4 is 4.57 Å². The minimum absolute atomic E-state index is 0.262. The maximum atomic E-state index is 10.3. The molecular formula is C25H22ClNO4S. The Morgan fingerprint density at radius 2 is 1.62 bits per heavy atom. The molecule has 0 spiro atoms. The summed E-state index contributed by atoms with van der Waals surface area (Å²) >= 11 is 5.46. The van der Waals surface area contributed by atoms with E-state index in [2.05, 4.69) is 60.2 Å². The lowest BCUT2D eigenvalue weighted by Gasteiger charge is -2.05. The molecule has 164 valence electrons. The molecule has 7 heteroatoms. The van der Waals surface area contributed by atoms with Crippen molar-refractivity contribution < 1.29 is 22.6 Å². The van der Waals surface area contributed by atoms with Gasteiger partial charge in [-0.2, -0.15) is 4.57 Å². The number of benzene rings is 3. The molecule has 0 aliphatic heterocycles. The van der Waals surface area contributed by atoms with E-state index in [4.69, 9.17) is 11.6 Å². The number of para-hydroxylation sites is 1. The average molecular weight is 468 g/mol. The summed E-state index contributed by atoms with van der Waals surface area (Å²) in [4.78, 5) is -0.262. The summed E-state index contributed by atoms with van der Waals surface area (Å²) < 4.78 is 33.2. The predicted octanol–water partition coefficient (Wildman–Crippen LogP) is 5.09. The van der Waals surface area contributed by atoms with Crippen LogP contribution in [0.15, 0.2) is 83.8 Å². The Balaban J connectivity index is 0.000000222. The summed E-state index contributed by atoms with van der Waals surface area (Å²) in [5.74, 6) is 0.336. The van der Waals surface area contributed by atoms with E-state index in [1.807, 2.05) is 19.1 Å². The Hall–Kier alpha value is -3.19. The van der Waals surface area contributed by atoms with Gasteiger partial charge in [-0.1, -0.05) is 29.8 Å². The van der Waals surface area contributed by atoms with E-state index in [1.54, 1.807) is 6.07 Å². The normalized spacial score (nSPS) is 11.4. The number of phenols is 1. The highest BCUT2D eigenvalue weighted by atomic mass is 35.5. The number of halogens is 1. The van der Waals surface area contributed by atoms with Crippen molar-refractivity contribution in [3.05, 3.63) is 101 Å². The first kappa shape index (κ1) is 23.5. The van der Waals surface area contributed by atoms with E-state index in [-0.39, 0.29) is 4.90 Å². The predicted molar refractivity (Wildman–Crippen MR) is 126 cm³/mol. The third kappa shape index (κ3) is 5.95. The van der Waals surface area contributed by atoms with Crippen LogP contribution in [0.1, 0.15) is 16.8 Å². The first-order chi connectivity index (χ1) is 15.1. The first-order valence-electron chi connectivity index (χ1n) is 9.72. The summed E-state index contributed by atoms with van der Waals surface area (Å²) in [7, 11) is -2.25. The van der Waals surface area contributed by atoms with Crippen molar-refractivity contribution in [2.45, 2.75) is 11.8 Å². The zero-order valence-corrected chi connectivity index (χ0v) is 19.1. The summed E-state index contributed by atoms with van der Waals surface area (Å²) in [5.41, 5.74) is 4.32. The first-order valence-corrected chi connectivity index (χ1v) is 11.5. The molecule has 0 atom stereocenters. The number of hydrogen-bond donors (Lipinski definition) is 1. The van der Waals surface area contributed by atoms with Crippen LogP contribution in [0.5, 0.6) is 5.75 Å². The molecule has 1 aromatic heterocycles. The summed E-state index contributed by atoms with van der Waals surface area (Å²) in [6.07, 6.45) is 4.16. The van der Waals surface area contributed by atoms with Crippen molar-refractivity contribution in [1.29, 1.82) is 0 Å². The number of pyridine rings is 1. The van der Waals surface area contributed by atoms with Gasteiger partial charge in [0.05, 0.1) is 4.90 Å². The number of aromatic hydroxyl groups is 1. The van der Waals surface area contributed by atoms with Gasteiger partial charge in [0.2, 0.25) is 11.2 Å². The monoisotopic (exact) mass is 467 g/mol. The van der Waals surface area contributed by atoms with Gasteiger partial charge in [0.1, 0.15) is 22.9 Å². The molecule has 0 amide bonds. The molecule has 0 fully saturated rings. The van der Waals surface area contributed by atoms with Gasteiger partial charge >= 0.3 is 0 Å². The Labute approximate surface area is 192 Å². The number of phenolic OH excluding ortho intramolecular Hbond substituents is 1. The Bertz CT molecular complexity index is 1380. The van der Waals surface area contributed by atoms with Crippen molar-refractivity contribution in [2.24, 2.45) is 7.05 Å². The van der Waals surface area contributed by atoms with Crippen LogP contribution in [0, 0.1) is 6.92 Å². The van der Waals surface area contributed by atoms with Gasteiger partial charge in [0, 0.05) is 28.6 Å². The smallest absolute Gasteiger partial charge is 0.212 e. The molecule has 0 radical (unpaired) electrons. The third-order valence-electron chi connectivity index (χ3n) is 4.89. The SMILES string of the molecule is Cc1cc(C=Cc2ccc3ccccc3[n+]2C)ccc1O.O=S(=O)([O-])c1ccc(Cl)cc1. The lowest BCUT2D eigenvalue weighted by atomic mass is 10.1. The summed E-state index contributed by atoms with van der Waals surface area (Å²) in [6.45, 7) is 1.91. The van der Waals surface area contributed by atoms with Crippen LogP contribution in [-0.2, 0) is 17.2 Å². The topological polar surface area (TPSA) is 81.3 Å². The second-order valence-corrected chi connectivity index (χ2v) is 8.98. The summed E-state index contributed by atoms with van der Waals surface area (Å²) in [5, 5.41) is 11.2. The third-order valence-corrected chi connectivity index (χ3v) is 5.99. The van der Waals surface area contributed by atoms with E-state index < -0.39 is 10.1 Å². The van der Waals surface area contributed by atoms with Gasteiger partial charge in [-0.15, -0.1) is 0 Å². The number of fused-ring (bicyclic) bond motifs is 1. The highest BCUT2D eigenvalue weighted by molar-refractivity contribution is 7.85. The quantitative estimate of drug-likeness (QED) is 0.336. The summed E-state index contributed by atoms with van der Waals surface area (Å²) in [6, 6.07) is 23.3. The molecule has 4 aromatic rings. The van der Waals surface area contributed by atoms with Crippen molar-refractivity contribution >= 4 is 44.8 Å². The molecular weight excluding hydrogens is 446 g/mol. The number of rotatable bonds is 3. The van der Waals surface area contributed by atoms with Gasteiger partial charge < -0.3 is 9.66 Å². The number of nitrogens with zero attached hydrogens (tertiary/aromatic N) is 1. The minimum Gasteiger partial charge on any atom is -0.744 e. The van der Waals surface area contributed by atoms with E-state index >= 15 is 0 Å². The maximum Gasteiger partial charge on any atom is 0.212 e. The maximum absolute atomic E-state index is 10.3. The highest BCUT2D eigenvalue weighted by Crippen LogP contribution is 2.19. The molecule has 0 saturated carbocycles. The van der Waals surface area contributed by atoms with E-state index in [9.17, 15) is 18.1 Å². The van der Waals surface area contributed by atoms with Crippen LogP contribution >= 0.6 is 11.6 Å². The minimum atomic E-state index is -4.33. The largest absolute Gasteiger partial charge is 0.744 e. The number of aryl methyl sites for hydroxylation is 2. The van der Waals surface area contributed by atoms with Crippen molar-refractivity contribution in [3.8, 4) is 5.75 Å². The van der Waals surface area contributed by atoms with Crippen LogP contribution in [0.2, 0.25) is 5.02 Å². The second-order valence-electron chi connectivity index (χ2n) is 7.16. The fourth-order valence-corrected chi connectivity index (χ4v) is 3.69. The van der Waals surface area contributed by atoms with E-state index in [1.165, 1.54) is 35.2 Å². The molecule has 5 nitrogen and oxygen atoms in total. The van der Waals surface area contributed by atoms with Gasteiger partial charge in [0.25, 0.3) is 0 Å². The molecule has 0 bridgehead atoms. The molecule has 32 heavy (non-hydrogen) atoms. The van der Waals surface area contributed by atoms with Crippen LogP contribution in [-0.4, -0.2) is 18.1 Å². The average Bonchev–Trinajstić information content (AvgIpc) is 2.76. The molecule has 0 saturated heterocycles. The molecule has 1 N–H and O–H groups in total. The standard InChI is InChI=1S/C19H17NO.C6H5ClO3S/c1-14-13-15(8-12-19(14)21)7-10-17-11-9-16-5-3-4-6-18(16)20(17)2;7-5-1-3-6(4-2-5)11(8,9)10/h3-13H,1-2H3;1-4H,(H,8,9,10). The van der Waals surface area contributed by atoms with Gasteiger partial charge in [-0.05, 0) is 72.7 Å². The van der Waals surface area contributed by atoms with E-state index in [0.29, 0.717) is 10.8 Å². The Kier molecular flexibility index (Phi) is 7.30. The Morgan fingerprint density at radius 1 is 0.938 bits per heavy atom. The van der Waals surface area contributed by atoms with Crippen molar-refractivity contribution in [1.82, 2.24) is 0 Å². The number of aromatic nitrogens is 1. The lowest BCUT2D eigenvalue weighted by molar-refractivity contribution is -0.646. The molecule has 1 heterocycles. The van der Waals surface area contributed by atoms with Crippen LogP contribution in [0.25, 0.3) is 23.1 Å². The second kappa shape index (κ2) is 9.96. The molecule has 3 aromatic carbocycles. The molecule has 0 aliphatic rings. The van der Waals surface area contributed by atoms with E-state index in [0.717, 1.165) is 16.8 Å². The zero-order chi connectivity index (χ0) is 23.3. The fraction of sp³-hybridized carbons (Fsp3) is 0.0800. The lowest BCUT2D eigenvalue weighted by Crippen LogP contribution is -2.32. The molecule has 0 unspecified atom stereocenters. The van der Waals surface area contributed by atoms with Crippen LogP contribution in [0.4, 0.5) is 0 Å².